The summed E-state index contributed by atoms with van der Waals surface area (Å²) in [4.78, 5) is 25.3. The van der Waals surface area contributed by atoms with Crippen molar-refractivity contribution in [3.8, 4) is 5.82 Å². The number of carbonyl (C=O) groups is 1. The Balaban J connectivity index is 1.47. The van der Waals surface area contributed by atoms with E-state index in [9.17, 15) is 13.6 Å². The highest BCUT2D eigenvalue weighted by Crippen LogP contribution is 2.16. The molecule has 0 spiro atoms. The number of nitrogens with one attached hydrogen (secondary N) is 2. The lowest BCUT2D eigenvalue weighted by Crippen LogP contribution is -2.24. The number of nitrogens with zero attached hydrogens (tertiary/aromatic N) is 4. The molecule has 1 amide bonds. The van der Waals surface area contributed by atoms with E-state index in [1.165, 1.54) is 18.6 Å². The Kier molecular flexibility index (Phi) is 5.66. The number of halogens is 2. The fraction of sp³-hybridized carbons (Fsp3) is 0.300. The van der Waals surface area contributed by atoms with Gasteiger partial charge in [-0.15, -0.1) is 0 Å². The number of ether oxygens (including phenoxy) is 1. The van der Waals surface area contributed by atoms with Crippen LogP contribution in [0.25, 0.3) is 5.82 Å². The van der Waals surface area contributed by atoms with E-state index in [1.807, 2.05) is 6.92 Å². The summed E-state index contributed by atoms with van der Waals surface area (Å²) in [5.74, 6) is -0.959. The van der Waals surface area contributed by atoms with Crippen molar-refractivity contribution in [3.05, 3.63) is 65.4 Å². The second kappa shape index (κ2) is 8.54. The molecule has 0 saturated carbocycles. The Morgan fingerprint density at radius 2 is 2.10 bits per heavy atom. The molecule has 0 aliphatic carbocycles. The highest BCUT2D eigenvalue weighted by molar-refractivity contribution is 5.92. The maximum Gasteiger partial charge on any atom is 0.271 e. The first-order valence-corrected chi connectivity index (χ1v) is 9.44. The summed E-state index contributed by atoms with van der Waals surface area (Å²) in [5, 5.41) is 5.71. The van der Waals surface area contributed by atoms with Crippen molar-refractivity contribution < 1.29 is 18.3 Å². The number of aromatic nitrogens is 4. The monoisotopic (exact) mass is 414 g/mol. The first-order valence-electron chi connectivity index (χ1n) is 9.44. The van der Waals surface area contributed by atoms with Crippen LogP contribution in [0.4, 0.5) is 14.7 Å². The van der Waals surface area contributed by atoms with E-state index < -0.39 is 17.5 Å². The Bertz CT molecular complexity index is 1040. The summed E-state index contributed by atoms with van der Waals surface area (Å²) >= 11 is 0. The SMILES string of the molecule is Cc1cnc(N[C@H]2CCOC2)nc1-n1cnc(C(=O)NCc2c(F)cccc2F)c1. The summed E-state index contributed by atoms with van der Waals surface area (Å²) in [5.41, 5.74) is 0.688. The number of hydrogen-bond acceptors (Lipinski definition) is 6. The molecule has 3 heterocycles. The molecule has 1 saturated heterocycles. The second-order valence-corrected chi connectivity index (χ2v) is 6.95. The standard InChI is InChI=1S/C20H20F2N6O2/c1-12-7-24-20(26-13-5-6-30-10-13)27-18(12)28-9-17(25-11-28)19(29)23-8-14-15(21)3-2-4-16(14)22/h2-4,7,9,11,13H,5-6,8,10H2,1H3,(H,23,29)(H,24,26,27)/t13-/m0/s1. The van der Waals surface area contributed by atoms with Crippen LogP contribution in [0, 0.1) is 18.6 Å². The number of amides is 1. The molecule has 1 atom stereocenters. The van der Waals surface area contributed by atoms with Gasteiger partial charge in [-0.25, -0.2) is 18.7 Å². The molecule has 4 rings (SSSR count). The number of hydrogen-bond donors (Lipinski definition) is 2. The maximum atomic E-state index is 13.7. The molecule has 0 bridgehead atoms. The molecule has 1 aliphatic rings. The van der Waals surface area contributed by atoms with Gasteiger partial charge in [0.15, 0.2) is 0 Å². The number of carbonyl (C=O) groups excluding carboxylic acids is 1. The van der Waals surface area contributed by atoms with Crippen molar-refractivity contribution in [1.29, 1.82) is 0 Å². The molecule has 1 aromatic carbocycles. The van der Waals surface area contributed by atoms with Crippen molar-refractivity contribution >= 4 is 11.9 Å². The van der Waals surface area contributed by atoms with E-state index in [4.69, 9.17) is 4.74 Å². The van der Waals surface area contributed by atoms with Crippen molar-refractivity contribution in [1.82, 2.24) is 24.8 Å². The molecule has 1 fully saturated rings. The Morgan fingerprint density at radius 3 is 2.83 bits per heavy atom. The molecule has 0 unspecified atom stereocenters. The predicted octanol–water partition coefficient (Wildman–Crippen LogP) is 2.38. The summed E-state index contributed by atoms with van der Waals surface area (Å²) in [7, 11) is 0. The van der Waals surface area contributed by atoms with Crippen LogP contribution in [0.2, 0.25) is 0 Å². The molecule has 2 aromatic heterocycles. The summed E-state index contributed by atoms with van der Waals surface area (Å²) in [6.45, 7) is 2.87. The van der Waals surface area contributed by atoms with Gasteiger partial charge in [-0.05, 0) is 25.5 Å². The summed E-state index contributed by atoms with van der Waals surface area (Å²) < 4.78 is 34.4. The number of anilines is 1. The lowest BCUT2D eigenvalue weighted by molar-refractivity contribution is 0.0945. The molecule has 0 radical (unpaired) electrons. The smallest absolute Gasteiger partial charge is 0.271 e. The molecule has 156 valence electrons. The second-order valence-electron chi connectivity index (χ2n) is 6.95. The minimum absolute atomic E-state index is 0.100. The van der Waals surface area contributed by atoms with E-state index in [-0.39, 0.29) is 23.8 Å². The number of imidazole rings is 1. The minimum Gasteiger partial charge on any atom is -0.379 e. The number of rotatable bonds is 6. The van der Waals surface area contributed by atoms with Gasteiger partial charge in [0.1, 0.15) is 29.5 Å². The lowest BCUT2D eigenvalue weighted by atomic mass is 10.2. The summed E-state index contributed by atoms with van der Waals surface area (Å²) in [6, 6.07) is 3.70. The third-order valence-electron chi connectivity index (χ3n) is 4.76. The molecular weight excluding hydrogens is 394 g/mol. The van der Waals surface area contributed by atoms with Crippen LogP contribution < -0.4 is 10.6 Å². The summed E-state index contributed by atoms with van der Waals surface area (Å²) in [6.07, 6.45) is 5.52. The first kappa shape index (κ1) is 19.9. The van der Waals surface area contributed by atoms with Gasteiger partial charge >= 0.3 is 0 Å². The van der Waals surface area contributed by atoms with E-state index in [1.54, 1.807) is 10.8 Å². The Labute approximate surface area is 171 Å². The van der Waals surface area contributed by atoms with Crippen LogP contribution in [-0.2, 0) is 11.3 Å². The van der Waals surface area contributed by atoms with Gasteiger partial charge in [0.2, 0.25) is 5.95 Å². The maximum absolute atomic E-state index is 13.7. The van der Waals surface area contributed by atoms with Crippen molar-refractivity contribution in [2.24, 2.45) is 0 Å². The molecule has 3 aromatic rings. The number of benzene rings is 1. The molecule has 10 heteroatoms. The zero-order chi connectivity index (χ0) is 21.1. The van der Waals surface area contributed by atoms with Gasteiger partial charge in [-0.1, -0.05) is 6.07 Å². The zero-order valence-corrected chi connectivity index (χ0v) is 16.2. The van der Waals surface area contributed by atoms with E-state index in [0.717, 1.165) is 24.1 Å². The van der Waals surface area contributed by atoms with Crippen LogP contribution >= 0.6 is 0 Å². The molecule has 2 N–H and O–H groups in total. The van der Waals surface area contributed by atoms with Gasteiger partial charge in [-0.3, -0.25) is 9.36 Å². The van der Waals surface area contributed by atoms with Gasteiger partial charge in [0.05, 0.1) is 12.6 Å². The predicted molar refractivity (Wildman–Crippen MR) is 104 cm³/mol. The van der Waals surface area contributed by atoms with Crippen LogP contribution in [-0.4, -0.2) is 44.7 Å². The highest BCUT2D eigenvalue weighted by atomic mass is 19.1. The van der Waals surface area contributed by atoms with Gasteiger partial charge in [0, 0.05) is 36.7 Å². The van der Waals surface area contributed by atoms with Crippen LogP contribution in [0.15, 0.2) is 36.9 Å². The van der Waals surface area contributed by atoms with Crippen molar-refractivity contribution in [2.75, 3.05) is 18.5 Å². The first-order chi connectivity index (χ1) is 14.5. The third kappa shape index (κ3) is 4.28. The average Bonchev–Trinajstić information content (AvgIpc) is 3.41. The largest absolute Gasteiger partial charge is 0.379 e. The van der Waals surface area contributed by atoms with Crippen LogP contribution in [0.5, 0.6) is 0 Å². The van der Waals surface area contributed by atoms with E-state index >= 15 is 0 Å². The number of aryl methyl sites for hydroxylation is 1. The highest BCUT2D eigenvalue weighted by Gasteiger charge is 2.18. The fourth-order valence-corrected chi connectivity index (χ4v) is 3.11. The van der Waals surface area contributed by atoms with Gasteiger partial charge in [-0.2, -0.15) is 4.98 Å². The minimum atomic E-state index is -0.717. The normalized spacial score (nSPS) is 15.9. The molecule has 1 aliphatic heterocycles. The van der Waals surface area contributed by atoms with E-state index in [0.29, 0.717) is 25.0 Å². The fourth-order valence-electron chi connectivity index (χ4n) is 3.11. The topological polar surface area (TPSA) is 94.0 Å². The van der Waals surface area contributed by atoms with Crippen LogP contribution in [0.3, 0.4) is 0 Å². The molecule has 8 nitrogen and oxygen atoms in total. The molecular formula is C20H20F2N6O2. The molecule has 30 heavy (non-hydrogen) atoms. The quantitative estimate of drug-likeness (QED) is 0.643. The van der Waals surface area contributed by atoms with Gasteiger partial charge in [0.25, 0.3) is 5.91 Å². The van der Waals surface area contributed by atoms with Gasteiger partial charge < -0.3 is 15.4 Å². The average molecular weight is 414 g/mol. The van der Waals surface area contributed by atoms with Crippen molar-refractivity contribution in [2.45, 2.75) is 25.9 Å². The Morgan fingerprint density at radius 1 is 1.30 bits per heavy atom. The van der Waals surface area contributed by atoms with Crippen LogP contribution in [0.1, 0.15) is 28.0 Å². The Hall–Kier alpha value is -3.40. The van der Waals surface area contributed by atoms with E-state index in [2.05, 4.69) is 25.6 Å². The zero-order valence-electron chi connectivity index (χ0n) is 16.2. The lowest BCUT2D eigenvalue weighted by Gasteiger charge is -2.12. The third-order valence-corrected chi connectivity index (χ3v) is 4.76. The van der Waals surface area contributed by atoms with Crippen molar-refractivity contribution in [3.63, 3.8) is 0 Å².